The number of methoxy groups -OCH3 is 3. The molecule has 9 heteroatoms. The van der Waals surface area contributed by atoms with Crippen molar-refractivity contribution in [2.75, 3.05) is 26.6 Å². The Morgan fingerprint density at radius 3 is 2.44 bits per heavy atom. The number of fused-ring (bicyclic) bond motifs is 1. The zero-order valence-corrected chi connectivity index (χ0v) is 15.1. The number of nitrogens with one attached hydrogen (secondary N) is 1. The van der Waals surface area contributed by atoms with Crippen molar-refractivity contribution in [3.63, 3.8) is 0 Å². The topological polar surface area (TPSA) is 105 Å². The van der Waals surface area contributed by atoms with E-state index in [0.29, 0.717) is 34.0 Å². The molecular weight excluding hydrogens is 352 g/mol. The van der Waals surface area contributed by atoms with E-state index in [4.69, 9.17) is 14.2 Å². The van der Waals surface area contributed by atoms with Crippen LogP contribution in [0.2, 0.25) is 0 Å². The van der Waals surface area contributed by atoms with Gasteiger partial charge in [-0.1, -0.05) is 0 Å². The van der Waals surface area contributed by atoms with Crippen molar-refractivity contribution in [2.45, 2.75) is 6.54 Å². The molecule has 1 N–H and O–H groups in total. The third-order valence-corrected chi connectivity index (χ3v) is 3.86. The van der Waals surface area contributed by atoms with Crippen LogP contribution in [0.4, 0.5) is 5.69 Å². The van der Waals surface area contributed by atoms with Gasteiger partial charge in [0.15, 0.2) is 17.1 Å². The van der Waals surface area contributed by atoms with Crippen molar-refractivity contribution in [2.24, 2.45) is 0 Å². The van der Waals surface area contributed by atoms with Gasteiger partial charge in [0.25, 0.3) is 5.56 Å². The largest absolute Gasteiger partial charge is 0.493 e. The number of rotatable bonds is 6. The van der Waals surface area contributed by atoms with E-state index in [9.17, 15) is 9.59 Å². The van der Waals surface area contributed by atoms with Crippen molar-refractivity contribution in [3.8, 4) is 17.2 Å². The number of pyridine rings is 1. The number of carbonyl (C=O) groups is 1. The lowest BCUT2D eigenvalue weighted by Crippen LogP contribution is -2.28. The van der Waals surface area contributed by atoms with E-state index in [1.54, 1.807) is 30.5 Å². The normalized spacial score (nSPS) is 10.5. The van der Waals surface area contributed by atoms with Gasteiger partial charge in [-0.05, 0) is 12.1 Å². The maximum absolute atomic E-state index is 12.4. The van der Waals surface area contributed by atoms with E-state index in [-0.39, 0.29) is 12.1 Å². The van der Waals surface area contributed by atoms with E-state index in [2.05, 4.69) is 15.3 Å². The van der Waals surface area contributed by atoms with Crippen LogP contribution in [-0.4, -0.2) is 41.8 Å². The van der Waals surface area contributed by atoms with Gasteiger partial charge in [0.1, 0.15) is 12.9 Å². The van der Waals surface area contributed by atoms with Gasteiger partial charge < -0.3 is 19.5 Å². The molecule has 3 rings (SSSR count). The first kappa shape index (κ1) is 18.2. The smallest absolute Gasteiger partial charge is 0.263 e. The summed E-state index contributed by atoms with van der Waals surface area (Å²) >= 11 is 0. The Bertz CT molecular complexity index is 1020. The Morgan fingerprint density at radius 1 is 1.11 bits per heavy atom. The maximum atomic E-state index is 12.4. The third kappa shape index (κ3) is 3.66. The highest BCUT2D eigenvalue weighted by atomic mass is 16.5. The van der Waals surface area contributed by atoms with Crippen LogP contribution in [0.5, 0.6) is 17.2 Å². The van der Waals surface area contributed by atoms with Gasteiger partial charge in [0.05, 0.1) is 26.7 Å². The minimum atomic E-state index is -0.406. The maximum Gasteiger partial charge on any atom is 0.263 e. The van der Waals surface area contributed by atoms with Crippen LogP contribution in [0, 0.1) is 0 Å². The molecule has 27 heavy (non-hydrogen) atoms. The fourth-order valence-corrected chi connectivity index (χ4v) is 2.62. The summed E-state index contributed by atoms with van der Waals surface area (Å²) < 4.78 is 17.0. The number of aromatic nitrogens is 3. The second kappa shape index (κ2) is 7.73. The van der Waals surface area contributed by atoms with E-state index in [0.717, 1.165) is 0 Å². The summed E-state index contributed by atoms with van der Waals surface area (Å²) in [6, 6.07) is 6.46. The van der Waals surface area contributed by atoms with Crippen molar-refractivity contribution in [1.82, 2.24) is 14.5 Å². The first-order valence-corrected chi connectivity index (χ1v) is 7.97. The summed E-state index contributed by atoms with van der Waals surface area (Å²) in [6.07, 6.45) is 2.85. The van der Waals surface area contributed by atoms with Crippen molar-refractivity contribution in [3.05, 3.63) is 47.1 Å². The minimum Gasteiger partial charge on any atom is -0.493 e. The molecule has 0 saturated heterocycles. The average Bonchev–Trinajstić information content (AvgIpc) is 2.69. The van der Waals surface area contributed by atoms with Gasteiger partial charge in [0, 0.05) is 24.0 Å². The van der Waals surface area contributed by atoms with E-state index in [1.165, 1.54) is 32.2 Å². The Balaban J connectivity index is 1.84. The SMILES string of the molecule is COc1cc(NC(=O)Cn2cnc3ncccc3c2=O)cc(OC)c1OC. The first-order valence-electron chi connectivity index (χ1n) is 7.97. The van der Waals surface area contributed by atoms with Gasteiger partial charge in [-0.3, -0.25) is 14.2 Å². The summed E-state index contributed by atoms with van der Waals surface area (Å²) in [5.74, 6) is 0.822. The molecule has 0 spiro atoms. The molecule has 0 atom stereocenters. The van der Waals surface area contributed by atoms with Crippen molar-refractivity contribution in [1.29, 1.82) is 0 Å². The lowest BCUT2D eigenvalue weighted by Gasteiger charge is -2.14. The molecule has 0 radical (unpaired) electrons. The van der Waals surface area contributed by atoms with Crippen LogP contribution >= 0.6 is 0 Å². The fraction of sp³-hybridized carbons (Fsp3) is 0.222. The van der Waals surface area contributed by atoms with Gasteiger partial charge in [-0.15, -0.1) is 0 Å². The first-order chi connectivity index (χ1) is 13.1. The Hall–Kier alpha value is -3.62. The van der Waals surface area contributed by atoms with Crippen LogP contribution in [0.25, 0.3) is 11.0 Å². The highest BCUT2D eigenvalue weighted by molar-refractivity contribution is 5.91. The molecular formula is C18H18N4O5. The lowest BCUT2D eigenvalue weighted by molar-refractivity contribution is -0.116. The highest BCUT2D eigenvalue weighted by Gasteiger charge is 2.15. The predicted octanol–water partition coefficient (Wildman–Crippen LogP) is 1.46. The zero-order valence-electron chi connectivity index (χ0n) is 15.1. The number of carbonyl (C=O) groups excluding carboxylic acids is 1. The molecule has 0 aliphatic heterocycles. The molecule has 0 fully saturated rings. The van der Waals surface area contributed by atoms with Crippen LogP contribution < -0.4 is 25.1 Å². The van der Waals surface area contributed by atoms with Gasteiger partial charge in [-0.2, -0.15) is 0 Å². The van der Waals surface area contributed by atoms with E-state index in [1.807, 2.05) is 0 Å². The summed E-state index contributed by atoms with van der Waals surface area (Å²) in [7, 11) is 4.46. The number of nitrogens with zero attached hydrogens (tertiary/aromatic N) is 3. The predicted molar refractivity (Wildman–Crippen MR) is 98.5 cm³/mol. The van der Waals surface area contributed by atoms with Crippen LogP contribution in [0.15, 0.2) is 41.6 Å². The molecule has 0 unspecified atom stereocenters. The quantitative estimate of drug-likeness (QED) is 0.700. The summed E-state index contributed by atoms with van der Waals surface area (Å²) in [5.41, 5.74) is 0.440. The molecule has 2 aromatic heterocycles. The molecule has 1 amide bonds. The van der Waals surface area contributed by atoms with Crippen LogP contribution in [-0.2, 0) is 11.3 Å². The second-order valence-electron chi connectivity index (χ2n) is 5.51. The number of ether oxygens (including phenoxy) is 3. The monoisotopic (exact) mass is 370 g/mol. The minimum absolute atomic E-state index is 0.201. The molecule has 2 heterocycles. The second-order valence-corrected chi connectivity index (χ2v) is 5.51. The molecule has 3 aromatic rings. The summed E-state index contributed by atoms with van der Waals surface area (Å²) in [6.45, 7) is -0.201. The molecule has 9 nitrogen and oxygen atoms in total. The Morgan fingerprint density at radius 2 is 1.81 bits per heavy atom. The average molecular weight is 370 g/mol. The van der Waals surface area contributed by atoms with E-state index < -0.39 is 5.91 Å². The Kier molecular flexibility index (Phi) is 5.20. The molecule has 0 bridgehead atoms. The number of hydrogen-bond donors (Lipinski definition) is 1. The Labute approximate surface area is 154 Å². The number of anilines is 1. The highest BCUT2D eigenvalue weighted by Crippen LogP contribution is 2.39. The summed E-state index contributed by atoms with van der Waals surface area (Å²) in [4.78, 5) is 33.0. The van der Waals surface area contributed by atoms with Gasteiger partial charge in [0.2, 0.25) is 11.7 Å². The number of amides is 1. The standard InChI is InChI=1S/C18H18N4O5/c1-25-13-7-11(8-14(26-2)16(13)27-3)21-15(23)9-22-10-20-17-12(18(22)24)5-4-6-19-17/h4-8,10H,9H2,1-3H3,(H,21,23). The van der Waals surface area contributed by atoms with E-state index >= 15 is 0 Å². The number of benzene rings is 1. The third-order valence-electron chi connectivity index (χ3n) is 3.86. The van der Waals surface area contributed by atoms with Crippen molar-refractivity contribution >= 4 is 22.6 Å². The molecule has 0 saturated carbocycles. The molecule has 140 valence electrons. The molecule has 0 aliphatic rings. The molecule has 0 aliphatic carbocycles. The van der Waals surface area contributed by atoms with Gasteiger partial charge in [-0.25, -0.2) is 9.97 Å². The van der Waals surface area contributed by atoms with Crippen LogP contribution in [0.1, 0.15) is 0 Å². The zero-order chi connectivity index (χ0) is 19.4. The van der Waals surface area contributed by atoms with Crippen LogP contribution in [0.3, 0.4) is 0 Å². The number of hydrogen-bond acceptors (Lipinski definition) is 7. The van der Waals surface area contributed by atoms with Crippen molar-refractivity contribution < 1.29 is 19.0 Å². The lowest BCUT2D eigenvalue weighted by atomic mass is 10.2. The fourth-order valence-electron chi connectivity index (χ4n) is 2.62. The summed E-state index contributed by atoms with van der Waals surface area (Å²) in [5, 5.41) is 3.06. The van der Waals surface area contributed by atoms with Gasteiger partial charge >= 0.3 is 0 Å². The molecule has 1 aromatic carbocycles.